The Morgan fingerprint density at radius 1 is 1.39 bits per heavy atom. The fourth-order valence-electron chi connectivity index (χ4n) is 1.59. The monoisotopic (exact) mass is 252 g/mol. The van der Waals surface area contributed by atoms with Crippen molar-refractivity contribution in [2.75, 3.05) is 33.9 Å². The zero-order valence-electron chi connectivity index (χ0n) is 11.0. The Morgan fingerprint density at radius 2 is 2.22 bits per heavy atom. The van der Waals surface area contributed by atoms with E-state index in [1.54, 1.807) is 13.3 Å². The Kier molecular flexibility index (Phi) is 6.98. The summed E-state index contributed by atoms with van der Waals surface area (Å²) >= 11 is 0. The zero-order chi connectivity index (χ0) is 13.2. The van der Waals surface area contributed by atoms with E-state index in [-0.39, 0.29) is 5.97 Å². The molecule has 0 bridgehead atoms. The van der Waals surface area contributed by atoms with Gasteiger partial charge in [0.2, 0.25) is 0 Å². The Balaban J connectivity index is 2.47. The smallest absolute Gasteiger partial charge is 0.306 e. The third-order valence-corrected chi connectivity index (χ3v) is 2.60. The molecule has 1 aromatic heterocycles. The van der Waals surface area contributed by atoms with Gasteiger partial charge < -0.3 is 9.47 Å². The van der Waals surface area contributed by atoms with Crippen molar-refractivity contribution in [1.29, 1.82) is 0 Å². The van der Waals surface area contributed by atoms with Crippen LogP contribution in [0.1, 0.15) is 12.0 Å². The largest absolute Gasteiger partial charge is 0.469 e. The van der Waals surface area contributed by atoms with Crippen LogP contribution in [0.2, 0.25) is 0 Å². The van der Waals surface area contributed by atoms with Gasteiger partial charge in [0, 0.05) is 39.1 Å². The Labute approximate surface area is 108 Å². The molecule has 5 nitrogen and oxygen atoms in total. The van der Waals surface area contributed by atoms with Crippen molar-refractivity contribution in [3.05, 3.63) is 30.1 Å². The zero-order valence-corrected chi connectivity index (χ0v) is 11.0. The van der Waals surface area contributed by atoms with Gasteiger partial charge in [-0.1, -0.05) is 6.07 Å². The lowest BCUT2D eigenvalue weighted by Crippen LogP contribution is -2.29. The summed E-state index contributed by atoms with van der Waals surface area (Å²) in [5.74, 6) is -0.191. The van der Waals surface area contributed by atoms with Crippen molar-refractivity contribution in [1.82, 2.24) is 9.88 Å². The molecule has 18 heavy (non-hydrogen) atoms. The van der Waals surface area contributed by atoms with E-state index in [9.17, 15) is 4.79 Å². The highest BCUT2D eigenvalue weighted by molar-refractivity contribution is 5.69. The third-order valence-electron chi connectivity index (χ3n) is 2.60. The summed E-state index contributed by atoms with van der Waals surface area (Å²) in [7, 11) is 3.07. The summed E-state index contributed by atoms with van der Waals surface area (Å²) in [5.41, 5.74) is 1.12. The molecule has 0 aliphatic rings. The second-order valence-corrected chi connectivity index (χ2v) is 3.96. The standard InChI is InChI=1S/C13H20N2O3/c1-17-9-8-15(7-5-13(16)18-2)11-12-4-3-6-14-10-12/h3-4,6,10H,5,7-9,11H2,1-2H3. The molecule has 0 aliphatic heterocycles. The molecule has 0 aromatic carbocycles. The van der Waals surface area contributed by atoms with Crippen molar-refractivity contribution < 1.29 is 14.3 Å². The maximum absolute atomic E-state index is 11.2. The van der Waals surface area contributed by atoms with Crippen LogP contribution in [0.25, 0.3) is 0 Å². The second kappa shape index (κ2) is 8.60. The predicted molar refractivity (Wildman–Crippen MR) is 68.0 cm³/mol. The molecule has 0 fully saturated rings. The number of esters is 1. The number of pyridine rings is 1. The molecule has 0 aliphatic carbocycles. The number of carbonyl (C=O) groups is 1. The number of ether oxygens (including phenoxy) is 2. The quantitative estimate of drug-likeness (QED) is 0.648. The van der Waals surface area contributed by atoms with Crippen LogP contribution in [-0.2, 0) is 20.8 Å². The van der Waals surface area contributed by atoms with Gasteiger partial charge in [0.25, 0.3) is 0 Å². The number of carbonyl (C=O) groups excluding carboxylic acids is 1. The minimum absolute atomic E-state index is 0.191. The summed E-state index contributed by atoms with van der Waals surface area (Å²) in [4.78, 5) is 17.4. The SMILES string of the molecule is COCCN(CCC(=O)OC)Cc1cccnc1. The van der Waals surface area contributed by atoms with E-state index in [2.05, 4.69) is 14.6 Å². The minimum atomic E-state index is -0.191. The first-order chi connectivity index (χ1) is 8.76. The molecule has 100 valence electrons. The summed E-state index contributed by atoms with van der Waals surface area (Å²) in [6, 6.07) is 3.93. The van der Waals surface area contributed by atoms with Gasteiger partial charge in [-0.05, 0) is 11.6 Å². The third kappa shape index (κ3) is 5.75. The molecular formula is C13H20N2O3. The van der Waals surface area contributed by atoms with Crippen molar-refractivity contribution in [3.8, 4) is 0 Å². The van der Waals surface area contributed by atoms with Crippen LogP contribution in [0.4, 0.5) is 0 Å². The summed E-state index contributed by atoms with van der Waals surface area (Å²) < 4.78 is 9.72. The van der Waals surface area contributed by atoms with E-state index in [4.69, 9.17) is 4.74 Å². The van der Waals surface area contributed by atoms with E-state index in [0.717, 1.165) is 18.7 Å². The first-order valence-corrected chi connectivity index (χ1v) is 5.93. The van der Waals surface area contributed by atoms with Crippen molar-refractivity contribution in [2.45, 2.75) is 13.0 Å². The van der Waals surface area contributed by atoms with Gasteiger partial charge in [-0.15, -0.1) is 0 Å². The first-order valence-electron chi connectivity index (χ1n) is 5.93. The first kappa shape index (κ1) is 14.6. The number of methoxy groups -OCH3 is 2. The van der Waals surface area contributed by atoms with Gasteiger partial charge in [0.1, 0.15) is 0 Å². The summed E-state index contributed by atoms with van der Waals surface area (Å²) in [5, 5.41) is 0. The Morgan fingerprint density at radius 3 is 2.83 bits per heavy atom. The average molecular weight is 252 g/mol. The Hall–Kier alpha value is -1.46. The number of rotatable bonds is 8. The van der Waals surface area contributed by atoms with E-state index in [0.29, 0.717) is 19.6 Å². The Bertz CT molecular complexity index is 343. The highest BCUT2D eigenvalue weighted by atomic mass is 16.5. The average Bonchev–Trinajstić information content (AvgIpc) is 2.42. The van der Waals surface area contributed by atoms with Crippen molar-refractivity contribution >= 4 is 5.97 Å². The molecule has 1 heterocycles. The van der Waals surface area contributed by atoms with Crippen molar-refractivity contribution in [2.24, 2.45) is 0 Å². The van der Waals surface area contributed by atoms with Crippen LogP contribution < -0.4 is 0 Å². The molecule has 1 aromatic rings. The van der Waals surface area contributed by atoms with E-state index >= 15 is 0 Å². The lowest BCUT2D eigenvalue weighted by Gasteiger charge is -2.21. The maximum Gasteiger partial charge on any atom is 0.306 e. The fourth-order valence-corrected chi connectivity index (χ4v) is 1.59. The van der Waals surface area contributed by atoms with Crippen LogP contribution in [-0.4, -0.2) is 49.8 Å². The summed E-state index contributed by atoms with van der Waals surface area (Å²) in [6.07, 6.45) is 3.97. The molecular weight excluding hydrogens is 232 g/mol. The van der Waals surface area contributed by atoms with Crippen LogP contribution in [0, 0.1) is 0 Å². The van der Waals surface area contributed by atoms with Gasteiger partial charge in [-0.3, -0.25) is 14.7 Å². The molecule has 0 spiro atoms. The van der Waals surface area contributed by atoms with E-state index < -0.39 is 0 Å². The van der Waals surface area contributed by atoms with Gasteiger partial charge in [-0.25, -0.2) is 0 Å². The van der Waals surface area contributed by atoms with Crippen molar-refractivity contribution in [3.63, 3.8) is 0 Å². The van der Waals surface area contributed by atoms with Gasteiger partial charge in [0.05, 0.1) is 20.1 Å². The van der Waals surface area contributed by atoms with Crippen LogP contribution in [0.3, 0.4) is 0 Å². The molecule has 0 N–H and O–H groups in total. The topological polar surface area (TPSA) is 51.7 Å². The van der Waals surface area contributed by atoms with Gasteiger partial charge in [-0.2, -0.15) is 0 Å². The summed E-state index contributed by atoms with van der Waals surface area (Å²) in [6.45, 7) is 2.84. The van der Waals surface area contributed by atoms with E-state index in [1.807, 2.05) is 18.3 Å². The number of hydrogen-bond donors (Lipinski definition) is 0. The fraction of sp³-hybridized carbons (Fsp3) is 0.538. The lowest BCUT2D eigenvalue weighted by molar-refractivity contribution is -0.141. The number of aromatic nitrogens is 1. The van der Waals surface area contributed by atoms with E-state index in [1.165, 1.54) is 7.11 Å². The molecule has 0 saturated heterocycles. The highest BCUT2D eigenvalue weighted by Crippen LogP contribution is 2.04. The van der Waals surface area contributed by atoms with Crippen LogP contribution >= 0.6 is 0 Å². The molecule has 0 saturated carbocycles. The minimum Gasteiger partial charge on any atom is -0.469 e. The molecule has 0 atom stereocenters. The normalized spacial score (nSPS) is 10.6. The lowest BCUT2D eigenvalue weighted by atomic mass is 10.2. The second-order valence-electron chi connectivity index (χ2n) is 3.96. The maximum atomic E-state index is 11.2. The van der Waals surface area contributed by atoms with Crippen LogP contribution in [0.5, 0.6) is 0 Å². The molecule has 0 radical (unpaired) electrons. The predicted octanol–water partition coefficient (Wildman–Crippen LogP) is 1.09. The number of hydrogen-bond acceptors (Lipinski definition) is 5. The molecule has 1 rings (SSSR count). The van der Waals surface area contributed by atoms with Gasteiger partial charge in [0.15, 0.2) is 0 Å². The number of nitrogens with zero attached hydrogens (tertiary/aromatic N) is 2. The van der Waals surface area contributed by atoms with Crippen LogP contribution in [0.15, 0.2) is 24.5 Å². The highest BCUT2D eigenvalue weighted by Gasteiger charge is 2.09. The molecule has 0 unspecified atom stereocenters. The molecule has 5 heteroatoms. The van der Waals surface area contributed by atoms with Gasteiger partial charge >= 0.3 is 5.97 Å². The molecule has 0 amide bonds.